The zero-order valence-electron chi connectivity index (χ0n) is 10.3. The predicted molar refractivity (Wildman–Crippen MR) is 70.1 cm³/mol. The van der Waals surface area contributed by atoms with E-state index in [1.54, 1.807) is 4.90 Å². The molecule has 1 aromatic heterocycles. The average Bonchev–Trinajstić information content (AvgIpc) is 2.40. The molecule has 0 saturated carbocycles. The fourth-order valence-corrected chi connectivity index (χ4v) is 1.97. The van der Waals surface area contributed by atoms with E-state index in [9.17, 15) is 8.78 Å². The van der Waals surface area contributed by atoms with Crippen molar-refractivity contribution >= 4 is 17.4 Å². The smallest absolute Gasteiger partial charge is 0.151 e. The van der Waals surface area contributed by atoms with Crippen LogP contribution in [0.4, 0.5) is 14.6 Å². The summed E-state index contributed by atoms with van der Waals surface area (Å²) in [6, 6.07) is 3.80. The summed E-state index contributed by atoms with van der Waals surface area (Å²) >= 11 is 5.99. The van der Waals surface area contributed by atoms with Crippen LogP contribution < -0.4 is 4.90 Å². The number of hydrogen-bond donors (Lipinski definition) is 0. The third-order valence-corrected chi connectivity index (χ3v) is 3.01. The molecular formula is C13H12ClF2N3. The van der Waals surface area contributed by atoms with Gasteiger partial charge >= 0.3 is 0 Å². The van der Waals surface area contributed by atoms with E-state index >= 15 is 0 Å². The first-order valence-electron chi connectivity index (χ1n) is 5.76. The maximum absolute atomic E-state index is 13.6. The van der Waals surface area contributed by atoms with E-state index in [4.69, 9.17) is 11.6 Å². The third kappa shape index (κ3) is 2.98. The van der Waals surface area contributed by atoms with Gasteiger partial charge in [-0.15, -0.1) is 0 Å². The summed E-state index contributed by atoms with van der Waals surface area (Å²) in [6.45, 7) is 2.44. The summed E-state index contributed by atoms with van der Waals surface area (Å²) in [6.07, 6.45) is 2.80. The maximum atomic E-state index is 13.6. The highest BCUT2D eigenvalue weighted by Crippen LogP contribution is 2.24. The Kier molecular flexibility index (Phi) is 4.27. The Morgan fingerprint density at radius 2 is 1.95 bits per heavy atom. The molecule has 0 aliphatic heterocycles. The molecule has 0 saturated heterocycles. The first kappa shape index (κ1) is 13.7. The fraction of sp³-hybridized carbons (Fsp3) is 0.231. The molecule has 0 aliphatic rings. The molecule has 0 spiro atoms. The normalized spacial score (nSPS) is 10.5. The molecule has 1 heterocycles. The summed E-state index contributed by atoms with van der Waals surface area (Å²) in [7, 11) is 0. The molecule has 0 atom stereocenters. The molecule has 19 heavy (non-hydrogen) atoms. The first-order chi connectivity index (χ1) is 9.13. The second-order valence-electron chi connectivity index (χ2n) is 3.91. The molecule has 0 bridgehead atoms. The molecule has 1 aromatic carbocycles. The molecule has 2 rings (SSSR count). The largest absolute Gasteiger partial charge is 0.351 e. The Morgan fingerprint density at radius 1 is 1.26 bits per heavy atom. The van der Waals surface area contributed by atoms with E-state index < -0.39 is 11.6 Å². The molecule has 3 nitrogen and oxygen atoms in total. The second-order valence-corrected chi connectivity index (χ2v) is 4.32. The van der Waals surface area contributed by atoms with Gasteiger partial charge in [0.05, 0.1) is 12.7 Å². The number of aromatic nitrogens is 2. The van der Waals surface area contributed by atoms with Crippen molar-refractivity contribution in [2.75, 3.05) is 11.4 Å². The number of nitrogens with zero attached hydrogens (tertiary/aromatic N) is 3. The van der Waals surface area contributed by atoms with Crippen molar-refractivity contribution in [3.05, 3.63) is 52.9 Å². The van der Waals surface area contributed by atoms with Gasteiger partial charge in [0.15, 0.2) is 5.82 Å². The van der Waals surface area contributed by atoms with Crippen molar-refractivity contribution in [2.24, 2.45) is 0 Å². The lowest BCUT2D eigenvalue weighted by Gasteiger charge is -2.23. The minimum absolute atomic E-state index is 0.000899. The van der Waals surface area contributed by atoms with Crippen LogP contribution >= 0.6 is 11.6 Å². The van der Waals surface area contributed by atoms with Crippen molar-refractivity contribution in [3.8, 4) is 0 Å². The second kappa shape index (κ2) is 5.93. The SMILES string of the molecule is CCN(Cc1c(F)cccc1F)c1ncncc1Cl. The van der Waals surface area contributed by atoms with Gasteiger partial charge in [0.2, 0.25) is 0 Å². The van der Waals surface area contributed by atoms with E-state index in [0.717, 1.165) is 0 Å². The number of halogens is 3. The van der Waals surface area contributed by atoms with Gasteiger partial charge in [-0.25, -0.2) is 18.7 Å². The van der Waals surface area contributed by atoms with Gasteiger partial charge in [0.1, 0.15) is 23.0 Å². The van der Waals surface area contributed by atoms with Crippen LogP contribution in [0.1, 0.15) is 12.5 Å². The van der Waals surface area contributed by atoms with Crippen LogP contribution in [0, 0.1) is 11.6 Å². The molecule has 2 aromatic rings. The van der Waals surface area contributed by atoms with E-state index in [0.29, 0.717) is 17.4 Å². The third-order valence-electron chi connectivity index (χ3n) is 2.74. The van der Waals surface area contributed by atoms with Crippen molar-refractivity contribution in [3.63, 3.8) is 0 Å². The molecule has 6 heteroatoms. The molecule has 0 unspecified atom stereocenters. The number of rotatable bonds is 4. The molecule has 0 radical (unpaired) electrons. The van der Waals surface area contributed by atoms with Gasteiger partial charge in [0, 0.05) is 12.1 Å². The maximum Gasteiger partial charge on any atom is 0.151 e. The van der Waals surface area contributed by atoms with Crippen LogP contribution in [-0.2, 0) is 6.54 Å². The monoisotopic (exact) mass is 283 g/mol. The van der Waals surface area contributed by atoms with Crippen molar-refractivity contribution in [1.82, 2.24) is 9.97 Å². The molecule has 0 amide bonds. The summed E-state index contributed by atoms with van der Waals surface area (Å²) in [5.74, 6) is -0.700. The lowest BCUT2D eigenvalue weighted by molar-refractivity contribution is 0.550. The Labute approximate surface area is 114 Å². The van der Waals surface area contributed by atoms with Gasteiger partial charge in [-0.2, -0.15) is 0 Å². The van der Waals surface area contributed by atoms with Crippen LogP contribution in [0.3, 0.4) is 0 Å². The van der Waals surface area contributed by atoms with Crippen molar-refractivity contribution in [1.29, 1.82) is 0 Å². The van der Waals surface area contributed by atoms with Crippen LogP contribution in [-0.4, -0.2) is 16.5 Å². The standard InChI is InChI=1S/C13H12ClF2N3/c1-2-19(13-10(14)6-17-8-18-13)7-9-11(15)4-3-5-12(9)16/h3-6,8H,2,7H2,1H3. The van der Waals surface area contributed by atoms with Crippen molar-refractivity contribution in [2.45, 2.75) is 13.5 Å². The van der Waals surface area contributed by atoms with Gasteiger partial charge in [-0.05, 0) is 19.1 Å². The topological polar surface area (TPSA) is 29.0 Å². The minimum atomic E-state index is -0.580. The summed E-state index contributed by atoms with van der Waals surface area (Å²) in [5, 5.41) is 0.348. The molecular weight excluding hydrogens is 272 g/mol. The summed E-state index contributed by atoms with van der Waals surface area (Å²) in [4.78, 5) is 9.51. The van der Waals surface area contributed by atoms with E-state index in [-0.39, 0.29) is 12.1 Å². The van der Waals surface area contributed by atoms with E-state index in [1.807, 2.05) is 6.92 Å². The molecule has 0 fully saturated rings. The van der Waals surface area contributed by atoms with Crippen molar-refractivity contribution < 1.29 is 8.78 Å². The summed E-state index contributed by atoms with van der Waals surface area (Å²) < 4.78 is 27.3. The van der Waals surface area contributed by atoms with Crippen LogP contribution in [0.15, 0.2) is 30.7 Å². The predicted octanol–water partition coefficient (Wildman–Crippen LogP) is 3.43. The highest BCUT2D eigenvalue weighted by molar-refractivity contribution is 6.32. The fourth-order valence-electron chi connectivity index (χ4n) is 1.75. The van der Waals surface area contributed by atoms with E-state index in [2.05, 4.69) is 9.97 Å². The lowest BCUT2D eigenvalue weighted by Crippen LogP contribution is -2.24. The van der Waals surface area contributed by atoms with Gasteiger partial charge < -0.3 is 4.90 Å². The van der Waals surface area contributed by atoms with E-state index in [1.165, 1.54) is 30.7 Å². The highest BCUT2D eigenvalue weighted by atomic mass is 35.5. The number of hydrogen-bond acceptors (Lipinski definition) is 3. The Hall–Kier alpha value is -1.75. The average molecular weight is 284 g/mol. The quantitative estimate of drug-likeness (QED) is 0.861. The Morgan fingerprint density at radius 3 is 2.53 bits per heavy atom. The number of anilines is 1. The van der Waals surface area contributed by atoms with Gasteiger partial charge in [0.25, 0.3) is 0 Å². The number of benzene rings is 1. The first-order valence-corrected chi connectivity index (χ1v) is 6.14. The molecule has 0 N–H and O–H groups in total. The Bertz CT molecular complexity index is 557. The van der Waals surface area contributed by atoms with Gasteiger partial charge in [-0.3, -0.25) is 0 Å². The van der Waals surface area contributed by atoms with Crippen LogP contribution in [0.25, 0.3) is 0 Å². The molecule has 100 valence electrons. The van der Waals surface area contributed by atoms with Crippen LogP contribution in [0.2, 0.25) is 5.02 Å². The molecule has 0 aliphatic carbocycles. The minimum Gasteiger partial charge on any atom is -0.351 e. The van der Waals surface area contributed by atoms with Crippen LogP contribution in [0.5, 0.6) is 0 Å². The zero-order chi connectivity index (χ0) is 13.8. The zero-order valence-corrected chi connectivity index (χ0v) is 11.0. The lowest BCUT2D eigenvalue weighted by atomic mass is 10.2. The highest BCUT2D eigenvalue weighted by Gasteiger charge is 2.15. The summed E-state index contributed by atoms with van der Waals surface area (Å²) in [5.41, 5.74) is -0.000899. The van der Waals surface area contributed by atoms with Gasteiger partial charge in [-0.1, -0.05) is 17.7 Å². The Balaban J connectivity index is 2.32.